The van der Waals surface area contributed by atoms with E-state index in [2.05, 4.69) is 5.32 Å². The highest BCUT2D eigenvalue weighted by molar-refractivity contribution is 7.87. The smallest absolute Gasteiger partial charge is 0.340 e. The Morgan fingerprint density at radius 2 is 1.84 bits per heavy atom. The van der Waals surface area contributed by atoms with Crippen molar-refractivity contribution in [2.75, 3.05) is 0 Å². The summed E-state index contributed by atoms with van der Waals surface area (Å²) in [6, 6.07) is 11.4. The van der Waals surface area contributed by atoms with Crippen LogP contribution < -0.4 is 9.50 Å². The minimum absolute atomic E-state index is 0.00133. The standard InChI is InChI=1S/C23H31ClN2O4S/c1-7-17(3)26(22(27)25-23(4,5)6)15-18-11-9-12-19(14-18)30-31(28,29)21-16(2)10-8-13-20(21)24/h8-14,17H,7,15H2,1-6H3,(H,25,27)/t17-/m1/s1. The van der Waals surface area contributed by atoms with Gasteiger partial charge in [-0.15, -0.1) is 0 Å². The first-order chi connectivity index (χ1) is 14.3. The van der Waals surface area contributed by atoms with Crippen molar-refractivity contribution in [1.82, 2.24) is 10.2 Å². The third-order valence-electron chi connectivity index (χ3n) is 4.74. The Morgan fingerprint density at radius 3 is 2.42 bits per heavy atom. The maximum absolute atomic E-state index is 12.8. The number of hydrogen-bond donors (Lipinski definition) is 1. The van der Waals surface area contributed by atoms with E-state index in [1.165, 1.54) is 6.07 Å². The average molecular weight is 467 g/mol. The number of nitrogens with zero attached hydrogens (tertiary/aromatic N) is 1. The van der Waals surface area contributed by atoms with E-state index in [0.29, 0.717) is 12.1 Å². The zero-order valence-corrected chi connectivity index (χ0v) is 20.5. The molecule has 0 fully saturated rings. The van der Waals surface area contributed by atoms with Crippen molar-refractivity contribution in [2.24, 2.45) is 0 Å². The predicted octanol–water partition coefficient (Wildman–Crippen LogP) is 5.52. The Labute approximate surface area is 190 Å². The van der Waals surface area contributed by atoms with Crippen molar-refractivity contribution < 1.29 is 17.4 Å². The van der Waals surface area contributed by atoms with Gasteiger partial charge in [0.1, 0.15) is 10.6 Å². The largest absolute Gasteiger partial charge is 0.379 e. The fourth-order valence-electron chi connectivity index (χ4n) is 3.03. The molecule has 0 aliphatic carbocycles. The molecule has 0 aromatic heterocycles. The van der Waals surface area contributed by atoms with Crippen LogP contribution in [-0.4, -0.2) is 30.9 Å². The number of amides is 2. The summed E-state index contributed by atoms with van der Waals surface area (Å²) < 4.78 is 31.0. The van der Waals surface area contributed by atoms with Gasteiger partial charge in [-0.25, -0.2) is 4.79 Å². The lowest BCUT2D eigenvalue weighted by molar-refractivity contribution is 0.165. The first-order valence-corrected chi connectivity index (χ1v) is 12.0. The van der Waals surface area contributed by atoms with Crippen LogP contribution in [0, 0.1) is 6.92 Å². The molecule has 0 spiro atoms. The summed E-state index contributed by atoms with van der Waals surface area (Å²) in [5.41, 5.74) is 0.896. The highest BCUT2D eigenvalue weighted by atomic mass is 35.5. The molecular formula is C23H31ClN2O4S. The van der Waals surface area contributed by atoms with Gasteiger partial charge >= 0.3 is 16.1 Å². The molecular weight excluding hydrogens is 436 g/mol. The number of carbonyl (C=O) groups excluding carboxylic acids is 1. The first kappa shape index (κ1) is 25.0. The van der Waals surface area contributed by atoms with Gasteiger partial charge in [0.05, 0.1) is 5.02 Å². The number of hydrogen-bond acceptors (Lipinski definition) is 4. The fraction of sp³-hybridized carbons (Fsp3) is 0.435. The minimum atomic E-state index is -4.11. The summed E-state index contributed by atoms with van der Waals surface area (Å²) in [5, 5.41) is 3.10. The molecule has 1 N–H and O–H groups in total. The lowest BCUT2D eigenvalue weighted by Gasteiger charge is -2.32. The summed E-state index contributed by atoms with van der Waals surface area (Å²) >= 11 is 6.11. The van der Waals surface area contributed by atoms with Crippen LogP contribution in [0.5, 0.6) is 5.75 Å². The van der Waals surface area contributed by atoms with Crippen LogP contribution in [-0.2, 0) is 16.7 Å². The first-order valence-electron chi connectivity index (χ1n) is 10.2. The van der Waals surface area contributed by atoms with E-state index < -0.39 is 10.1 Å². The van der Waals surface area contributed by atoms with E-state index in [0.717, 1.165) is 12.0 Å². The summed E-state index contributed by atoms with van der Waals surface area (Å²) in [4.78, 5) is 14.5. The van der Waals surface area contributed by atoms with Crippen molar-refractivity contribution in [1.29, 1.82) is 0 Å². The molecule has 0 bridgehead atoms. The van der Waals surface area contributed by atoms with E-state index in [1.807, 2.05) is 40.7 Å². The van der Waals surface area contributed by atoms with Crippen molar-refractivity contribution in [3.63, 3.8) is 0 Å². The molecule has 0 saturated carbocycles. The molecule has 0 aliphatic rings. The Hall–Kier alpha value is -2.25. The molecule has 0 aliphatic heterocycles. The number of aryl methyl sites for hydroxylation is 1. The lowest BCUT2D eigenvalue weighted by Crippen LogP contribution is -2.50. The maximum atomic E-state index is 12.8. The van der Waals surface area contributed by atoms with Crippen LogP contribution in [0.3, 0.4) is 0 Å². The second-order valence-corrected chi connectivity index (χ2v) is 10.5. The number of benzene rings is 2. The summed E-state index contributed by atoms with van der Waals surface area (Å²) in [5.74, 6) is 0.164. The number of halogens is 1. The van der Waals surface area contributed by atoms with E-state index in [1.54, 1.807) is 42.2 Å². The third kappa shape index (κ3) is 6.87. The van der Waals surface area contributed by atoms with Crippen LogP contribution in [0.25, 0.3) is 0 Å². The minimum Gasteiger partial charge on any atom is -0.379 e. The van der Waals surface area contributed by atoms with Crippen molar-refractivity contribution in [3.8, 4) is 5.75 Å². The second kappa shape index (κ2) is 9.92. The highest BCUT2D eigenvalue weighted by Gasteiger charge is 2.25. The van der Waals surface area contributed by atoms with Gasteiger partial charge in [-0.05, 0) is 70.4 Å². The molecule has 0 heterocycles. The van der Waals surface area contributed by atoms with Gasteiger partial charge in [0, 0.05) is 18.1 Å². The Kier molecular flexibility index (Phi) is 8.00. The van der Waals surface area contributed by atoms with Gasteiger partial charge in [-0.2, -0.15) is 8.42 Å². The van der Waals surface area contributed by atoms with Crippen LogP contribution in [0.1, 0.15) is 52.2 Å². The summed E-state index contributed by atoms with van der Waals surface area (Å²) in [7, 11) is -4.11. The van der Waals surface area contributed by atoms with Crippen molar-refractivity contribution in [3.05, 3.63) is 58.6 Å². The number of urea groups is 1. The number of carbonyl (C=O) groups is 1. The normalized spacial score (nSPS) is 12.9. The van der Waals surface area contributed by atoms with E-state index in [4.69, 9.17) is 15.8 Å². The van der Waals surface area contributed by atoms with E-state index in [-0.39, 0.29) is 33.3 Å². The summed E-state index contributed by atoms with van der Waals surface area (Å²) in [6.45, 7) is 11.8. The SMILES string of the molecule is CC[C@@H](C)N(Cc1cccc(OS(=O)(=O)c2c(C)cccc2Cl)c1)C(=O)NC(C)(C)C. The van der Waals surface area contributed by atoms with Crippen LogP contribution >= 0.6 is 11.6 Å². The molecule has 2 amide bonds. The van der Waals surface area contributed by atoms with Gasteiger partial charge in [-0.3, -0.25) is 0 Å². The zero-order chi connectivity index (χ0) is 23.4. The lowest BCUT2D eigenvalue weighted by atomic mass is 10.1. The van der Waals surface area contributed by atoms with Gasteiger partial charge in [-0.1, -0.05) is 42.8 Å². The van der Waals surface area contributed by atoms with Crippen LogP contribution in [0.2, 0.25) is 5.02 Å². The maximum Gasteiger partial charge on any atom is 0.340 e. The molecule has 0 saturated heterocycles. The molecule has 2 aromatic rings. The zero-order valence-electron chi connectivity index (χ0n) is 18.9. The molecule has 8 heteroatoms. The van der Waals surface area contributed by atoms with E-state index in [9.17, 15) is 13.2 Å². The topological polar surface area (TPSA) is 75.7 Å². The van der Waals surface area contributed by atoms with Gasteiger partial charge < -0.3 is 14.4 Å². The Morgan fingerprint density at radius 1 is 1.19 bits per heavy atom. The highest BCUT2D eigenvalue weighted by Crippen LogP contribution is 2.28. The molecule has 0 radical (unpaired) electrons. The molecule has 2 aromatic carbocycles. The van der Waals surface area contributed by atoms with Crippen LogP contribution in [0.15, 0.2) is 47.4 Å². The average Bonchev–Trinajstić information content (AvgIpc) is 2.63. The fourth-order valence-corrected chi connectivity index (χ4v) is 4.75. The third-order valence-corrected chi connectivity index (χ3v) is 6.62. The molecule has 6 nitrogen and oxygen atoms in total. The molecule has 31 heavy (non-hydrogen) atoms. The molecule has 0 unspecified atom stereocenters. The Balaban J connectivity index is 2.28. The van der Waals surface area contributed by atoms with Crippen LogP contribution in [0.4, 0.5) is 4.79 Å². The van der Waals surface area contributed by atoms with Crippen molar-refractivity contribution in [2.45, 2.75) is 71.0 Å². The van der Waals surface area contributed by atoms with E-state index >= 15 is 0 Å². The predicted molar refractivity (Wildman–Crippen MR) is 124 cm³/mol. The quantitative estimate of drug-likeness (QED) is 0.544. The van der Waals surface area contributed by atoms with Gasteiger partial charge in [0.25, 0.3) is 0 Å². The number of nitrogens with one attached hydrogen (secondary N) is 1. The molecule has 1 atom stereocenters. The second-order valence-electron chi connectivity index (χ2n) is 8.64. The Bertz CT molecular complexity index is 1010. The van der Waals surface area contributed by atoms with Gasteiger partial charge in [0.15, 0.2) is 0 Å². The number of rotatable bonds is 7. The summed E-state index contributed by atoms with van der Waals surface area (Å²) in [6.07, 6.45) is 0.786. The van der Waals surface area contributed by atoms with Gasteiger partial charge in [0.2, 0.25) is 0 Å². The molecule has 2 rings (SSSR count). The molecule has 170 valence electrons. The van der Waals surface area contributed by atoms with Crippen molar-refractivity contribution >= 4 is 27.8 Å². The monoisotopic (exact) mass is 466 g/mol.